The van der Waals surface area contributed by atoms with Gasteiger partial charge in [0, 0.05) is 19.5 Å². The Labute approximate surface area is 195 Å². The zero-order valence-corrected chi connectivity index (χ0v) is 19.1. The summed E-state index contributed by atoms with van der Waals surface area (Å²) in [6.07, 6.45) is 0. The van der Waals surface area contributed by atoms with Gasteiger partial charge in [0.1, 0.15) is 11.4 Å². The van der Waals surface area contributed by atoms with Crippen LogP contribution in [0.5, 0.6) is 0 Å². The minimum absolute atomic E-state index is 0.203. The van der Waals surface area contributed by atoms with Gasteiger partial charge in [-0.15, -0.1) is 11.3 Å². The van der Waals surface area contributed by atoms with E-state index in [4.69, 9.17) is 22.1 Å². The number of esters is 1. The predicted octanol–water partition coefficient (Wildman–Crippen LogP) is 2.64. The van der Waals surface area contributed by atoms with E-state index in [1.165, 1.54) is 25.4 Å². The van der Waals surface area contributed by atoms with Crippen LogP contribution in [0.4, 0.5) is 5.82 Å². The topological polar surface area (TPSA) is 126 Å². The SMILES string of the molecule is Cn1c(N)c(C(=O)COC(=O)c2cc(-c3ccc(Cl)s3)nc3ccccc23)c(=O)n(C)c1=O. The molecule has 4 rings (SSSR count). The molecule has 3 aromatic heterocycles. The summed E-state index contributed by atoms with van der Waals surface area (Å²) in [5.41, 5.74) is 5.15. The van der Waals surface area contributed by atoms with Crippen LogP contribution in [0.25, 0.3) is 21.5 Å². The fourth-order valence-corrected chi connectivity index (χ4v) is 4.33. The molecule has 0 amide bonds. The van der Waals surface area contributed by atoms with Crippen LogP contribution < -0.4 is 17.0 Å². The summed E-state index contributed by atoms with van der Waals surface area (Å²) in [6, 6.07) is 12.1. The molecule has 9 nitrogen and oxygen atoms in total. The highest BCUT2D eigenvalue weighted by Gasteiger charge is 2.23. The highest BCUT2D eigenvalue weighted by Crippen LogP contribution is 2.32. The Balaban J connectivity index is 1.67. The Morgan fingerprint density at radius 3 is 2.55 bits per heavy atom. The Morgan fingerprint density at radius 2 is 1.85 bits per heavy atom. The third-order valence-electron chi connectivity index (χ3n) is 5.08. The first-order chi connectivity index (χ1) is 15.7. The van der Waals surface area contributed by atoms with E-state index in [1.54, 1.807) is 42.5 Å². The van der Waals surface area contributed by atoms with Crippen molar-refractivity contribution in [2.75, 3.05) is 12.3 Å². The van der Waals surface area contributed by atoms with E-state index in [9.17, 15) is 19.2 Å². The second kappa shape index (κ2) is 8.64. The molecule has 0 aliphatic carbocycles. The van der Waals surface area contributed by atoms with Crippen molar-refractivity contribution in [3.05, 3.63) is 78.8 Å². The number of para-hydroxylation sites is 1. The average Bonchev–Trinajstić information content (AvgIpc) is 3.25. The molecule has 168 valence electrons. The summed E-state index contributed by atoms with van der Waals surface area (Å²) in [6.45, 7) is -0.729. The van der Waals surface area contributed by atoms with Crippen molar-refractivity contribution in [1.29, 1.82) is 0 Å². The van der Waals surface area contributed by atoms with Crippen LogP contribution in [0.3, 0.4) is 0 Å². The van der Waals surface area contributed by atoms with Crippen molar-refractivity contribution >= 4 is 51.4 Å². The zero-order chi connectivity index (χ0) is 23.9. The van der Waals surface area contributed by atoms with Crippen molar-refractivity contribution in [2.45, 2.75) is 0 Å². The smallest absolute Gasteiger partial charge is 0.339 e. The van der Waals surface area contributed by atoms with E-state index < -0.39 is 35.2 Å². The molecule has 0 atom stereocenters. The van der Waals surface area contributed by atoms with Crippen LogP contribution in [0.2, 0.25) is 4.34 Å². The van der Waals surface area contributed by atoms with Gasteiger partial charge in [-0.2, -0.15) is 0 Å². The number of hydrogen-bond donors (Lipinski definition) is 1. The van der Waals surface area contributed by atoms with Gasteiger partial charge in [0.2, 0.25) is 5.78 Å². The second-order valence-electron chi connectivity index (χ2n) is 7.14. The summed E-state index contributed by atoms with van der Waals surface area (Å²) >= 11 is 7.34. The van der Waals surface area contributed by atoms with E-state index in [2.05, 4.69) is 4.98 Å². The molecule has 2 N–H and O–H groups in total. The molecule has 0 fully saturated rings. The van der Waals surface area contributed by atoms with Gasteiger partial charge in [0.15, 0.2) is 6.61 Å². The number of halogens is 1. The fourth-order valence-electron chi connectivity index (χ4n) is 3.33. The van der Waals surface area contributed by atoms with E-state index in [-0.39, 0.29) is 11.4 Å². The Kier molecular flexibility index (Phi) is 5.88. The van der Waals surface area contributed by atoms with E-state index >= 15 is 0 Å². The van der Waals surface area contributed by atoms with Crippen LogP contribution >= 0.6 is 22.9 Å². The van der Waals surface area contributed by atoms with E-state index in [1.807, 2.05) is 0 Å². The van der Waals surface area contributed by atoms with Crippen LogP contribution in [-0.2, 0) is 18.8 Å². The monoisotopic (exact) mass is 484 g/mol. The molecular weight excluding hydrogens is 468 g/mol. The quantitative estimate of drug-likeness (QED) is 0.341. The first kappa shape index (κ1) is 22.4. The minimum Gasteiger partial charge on any atom is -0.454 e. The Morgan fingerprint density at radius 1 is 1.12 bits per heavy atom. The zero-order valence-electron chi connectivity index (χ0n) is 17.5. The summed E-state index contributed by atoms with van der Waals surface area (Å²) < 4.78 is 7.56. The van der Waals surface area contributed by atoms with Gasteiger partial charge in [0.25, 0.3) is 5.56 Å². The van der Waals surface area contributed by atoms with Gasteiger partial charge in [-0.05, 0) is 24.3 Å². The number of nitrogen functional groups attached to an aromatic ring is 1. The Bertz CT molecular complexity index is 1550. The number of carbonyl (C=O) groups excluding carboxylic acids is 2. The van der Waals surface area contributed by atoms with Crippen LogP contribution in [0, 0.1) is 0 Å². The third-order valence-corrected chi connectivity index (χ3v) is 6.34. The first-order valence-corrected chi connectivity index (χ1v) is 10.8. The molecule has 11 heteroatoms. The van der Waals surface area contributed by atoms with Gasteiger partial charge in [-0.25, -0.2) is 14.6 Å². The lowest BCUT2D eigenvalue weighted by atomic mass is 10.1. The molecule has 0 radical (unpaired) electrons. The minimum atomic E-state index is -0.858. The van der Waals surface area contributed by atoms with Gasteiger partial charge >= 0.3 is 11.7 Å². The number of anilines is 1. The number of thiophene rings is 1. The van der Waals surface area contributed by atoms with E-state index in [0.717, 1.165) is 14.0 Å². The summed E-state index contributed by atoms with van der Waals surface area (Å²) in [5.74, 6) is -1.89. The molecule has 1 aromatic carbocycles. The maximum absolute atomic E-state index is 12.9. The molecule has 3 heterocycles. The lowest BCUT2D eigenvalue weighted by molar-refractivity contribution is 0.0476. The number of fused-ring (bicyclic) bond motifs is 1. The summed E-state index contributed by atoms with van der Waals surface area (Å²) in [7, 11) is 2.57. The molecule has 4 aromatic rings. The third kappa shape index (κ3) is 4.06. The lowest BCUT2D eigenvalue weighted by Gasteiger charge is -2.12. The number of carbonyl (C=O) groups is 2. The van der Waals surface area contributed by atoms with Crippen LogP contribution in [-0.4, -0.2) is 32.5 Å². The second-order valence-corrected chi connectivity index (χ2v) is 8.86. The number of Topliss-reactive ketones (excluding diaryl/α,β-unsaturated/α-hetero) is 1. The number of pyridine rings is 1. The first-order valence-electron chi connectivity index (χ1n) is 9.60. The molecule has 33 heavy (non-hydrogen) atoms. The van der Waals surface area contributed by atoms with Crippen LogP contribution in [0.15, 0.2) is 52.1 Å². The van der Waals surface area contributed by atoms with Crippen molar-refractivity contribution in [1.82, 2.24) is 14.1 Å². The molecule has 0 saturated heterocycles. The molecule has 0 saturated carbocycles. The van der Waals surface area contributed by atoms with Crippen LogP contribution in [0.1, 0.15) is 20.7 Å². The molecular formula is C22H17ClN4O5S. The van der Waals surface area contributed by atoms with Gasteiger partial charge in [0.05, 0.1) is 26.0 Å². The molecule has 0 unspecified atom stereocenters. The summed E-state index contributed by atoms with van der Waals surface area (Å²) in [5, 5.41) is 0.541. The molecule has 0 bridgehead atoms. The number of nitrogens with zero attached hydrogens (tertiary/aromatic N) is 3. The number of nitrogens with two attached hydrogens (primary N) is 1. The van der Waals surface area contributed by atoms with Crippen molar-refractivity contribution < 1.29 is 14.3 Å². The number of ether oxygens (including phenoxy) is 1. The van der Waals surface area contributed by atoms with Gasteiger partial charge in [-0.1, -0.05) is 29.8 Å². The molecule has 0 spiro atoms. The van der Waals surface area contributed by atoms with Crippen molar-refractivity contribution in [3.63, 3.8) is 0 Å². The highest BCUT2D eigenvalue weighted by atomic mass is 35.5. The highest BCUT2D eigenvalue weighted by molar-refractivity contribution is 7.19. The molecule has 0 aliphatic heterocycles. The van der Waals surface area contributed by atoms with E-state index in [0.29, 0.717) is 20.9 Å². The predicted molar refractivity (Wildman–Crippen MR) is 126 cm³/mol. The largest absolute Gasteiger partial charge is 0.454 e. The van der Waals surface area contributed by atoms with Gasteiger partial charge in [-0.3, -0.25) is 18.7 Å². The van der Waals surface area contributed by atoms with Gasteiger partial charge < -0.3 is 10.5 Å². The Hall–Kier alpha value is -3.76. The van der Waals surface area contributed by atoms with Crippen molar-refractivity contribution in [2.24, 2.45) is 14.1 Å². The number of benzene rings is 1. The standard InChI is InChI=1S/C22H17ClN4O5S/c1-26-19(24)18(20(29)27(2)22(26)31)15(28)10-32-21(30)12-9-14(16-7-8-17(23)33-16)25-13-6-4-3-5-11(12)13/h3-9H,10,24H2,1-2H3. The number of ketones is 1. The number of rotatable bonds is 5. The van der Waals surface area contributed by atoms with Crippen molar-refractivity contribution in [3.8, 4) is 10.6 Å². The maximum atomic E-state index is 12.9. The summed E-state index contributed by atoms with van der Waals surface area (Å²) in [4.78, 5) is 55.3. The fraction of sp³-hybridized carbons (Fsp3) is 0.136. The maximum Gasteiger partial charge on any atom is 0.339 e. The normalized spacial score (nSPS) is 11.0. The molecule has 0 aliphatic rings. The lowest BCUT2D eigenvalue weighted by Crippen LogP contribution is -2.42. The average molecular weight is 485 g/mol. The number of aromatic nitrogens is 3. The number of hydrogen-bond acceptors (Lipinski definition) is 8.